The summed E-state index contributed by atoms with van der Waals surface area (Å²) in [6.45, 7) is 7.43. The molecule has 3 aliphatic rings. The van der Waals surface area contributed by atoms with Gasteiger partial charge in [-0.2, -0.15) is 0 Å². The van der Waals surface area contributed by atoms with Gasteiger partial charge in [0.25, 0.3) is 0 Å². The van der Waals surface area contributed by atoms with Gasteiger partial charge in [0.15, 0.2) is 11.6 Å². The van der Waals surface area contributed by atoms with Crippen molar-refractivity contribution in [2.45, 2.75) is 63.4 Å². The van der Waals surface area contributed by atoms with Crippen molar-refractivity contribution in [3.8, 4) is 0 Å². The van der Waals surface area contributed by atoms with Crippen LogP contribution >= 0.6 is 0 Å². The fraction of sp³-hybridized carbons (Fsp3) is 1.00. The van der Waals surface area contributed by atoms with Crippen molar-refractivity contribution in [3.05, 3.63) is 0 Å². The molecule has 0 aromatic carbocycles. The van der Waals surface area contributed by atoms with E-state index in [0.717, 1.165) is 0 Å². The van der Waals surface area contributed by atoms with Crippen molar-refractivity contribution in [1.29, 1.82) is 0 Å². The Morgan fingerprint density at radius 1 is 1.06 bits per heavy atom. The average molecular weight is 260 g/mol. The minimum atomic E-state index is -1.14. The number of rotatable bonds is 1. The summed E-state index contributed by atoms with van der Waals surface area (Å²) in [5, 5.41) is 9.61. The van der Waals surface area contributed by atoms with Gasteiger partial charge < -0.3 is 28.8 Å². The van der Waals surface area contributed by atoms with E-state index in [0.29, 0.717) is 6.61 Å². The van der Waals surface area contributed by atoms with Crippen molar-refractivity contribution >= 4 is 0 Å². The second kappa shape index (κ2) is 3.65. The quantitative estimate of drug-likeness (QED) is 0.735. The maximum absolute atomic E-state index is 9.61. The van der Waals surface area contributed by atoms with E-state index in [2.05, 4.69) is 0 Å². The van der Waals surface area contributed by atoms with Crippen molar-refractivity contribution in [1.82, 2.24) is 0 Å². The minimum absolute atomic E-state index is 0.266. The number of hydrogen-bond donors (Lipinski definition) is 1. The van der Waals surface area contributed by atoms with Gasteiger partial charge in [0.1, 0.15) is 24.9 Å². The van der Waals surface area contributed by atoms with E-state index in [1.807, 2.05) is 13.8 Å². The third-order valence-electron chi connectivity index (χ3n) is 3.51. The highest BCUT2D eigenvalue weighted by Crippen LogP contribution is 2.48. The molecule has 0 bridgehead atoms. The SMILES string of the molecule is CC1(C)OC[C@@H]2OC3(CO)OC(C)(C)O[C@H]3[C@@H]2O1. The van der Waals surface area contributed by atoms with Gasteiger partial charge in [-0.3, -0.25) is 0 Å². The molecule has 0 aromatic heterocycles. The van der Waals surface area contributed by atoms with Crippen LogP contribution in [0.2, 0.25) is 0 Å². The van der Waals surface area contributed by atoms with E-state index in [4.69, 9.17) is 23.7 Å². The van der Waals surface area contributed by atoms with E-state index in [-0.39, 0.29) is 18.8 Å². The van der Waals surface area contributed by atoms with Crippen molar-refractivity contribution in [2.24, 2.45) is 0 Å². The van der Waals surface area contributed by atoms with Crippen LogP contribution in [-0.2, 0) is 23.7 Å². The number of aliphatic hydroxyl groups excluding tert-OH is 1. The van der Waals surface area contributed by atoms with Gasteiger partial charge in [0.05, 0.1) is 6.61 Å². The largest absolute Gasteiger partial charge is 0.391 e. The number of aliphatic hydroxyl groups is 1. The summed E-state index contributed by atoms with van der Waals surface area (Å²) in [7, 11) is 0. The Morgan fingerprint density at radius 3 is 2.44 bits per heavy atom. The number of ether oxygens (including phenoxy) is 5. The molecule has 1 N–H and O–H groups in total. The summed E-state index contributed by atoms with van der Waals surface area (Å²) in [6, 6.07) is 0. The lowest BCUT2D eigenvalue weighted by Gasteiger charge is -2.38. The van der Waals surface area contributed by atoms with Crippen LogP contribution in [0.5, 0.6) is 0 Å². The van der Waals surface area contributed by atoms with E-state index in [9.17, 15) is 5.11 Å². The minimum Gasteiger partial charge on any atom is -0.391 e. The molecule has 6 heteroatoms. The first-order valence-corrected chi connectivity index (χ1v) is 6.25. The Morgan fingerprint density at radius 2 is 1.78 bits per heavy atom. The van der Waals surface area contributed by atoms with Gasteiger partial charge in [-0.15, -0.1) is 0 Å². The second-order valence-corrected chi connectivity index (χ2v) is 5.96. The van der Waals surface area contributed by atoms with Gasteiger partial charge in [-0.1, -0.05) is 0 Å². The van der Waals surface area contributed by atoms with E-state index in [1.54, 1.807) is 13.8 Å². The maximum atomic E-state index is 9.61. The Balaban J connectivity index is 1.88. The molecule has 3 saturated heterocycles. The summed E-state index contributed by atoms with van der Waals surface area (Å²) in [6.07, 6.45) is -1.00. The lowest BCUT2D eigenvalue weighted by Crippen LogP contribution is -2.51. The summed E-state index contributed by atoms with van der Waals surface area (Å²) in [5.41, 5.74) is 0. The number of fused-ring (bicyclic) bond motifs is 3. The molecule has 6 nitrogen and oxygen atoms in total. The van der Waals surface area contributed by atoms with Crippen LogP contribution in [-0.4, -0.2) is 54.0 Å². The summed E-state index contributed by atoms with van der Waals surface area (Å²) in [5.74, 6) is -2.60. The predicted molar refractivity (Wildman–Crippen MR) is 59.6 cm³/mol. The zero-order valence-corrected chi connectivity index (χ0v) is 11.1. The first-order chi connectivity index (χ1) is 8.27. The van der Waals surface area contributed by atoms with Crippen LogP contribution in [0.15, 0.2) is 0 Å². The van der Waals surface area contributed by atoms with Crippen LogP contribution < -0.4 is 0 Å². The predicted octanol–water partition coefficient (Wildman–Crippen LogP) is 0.377. The van der Waals surface area contributed by atoms with E-state index < -0.39 is 23.5 Å². The summed E-state index contributed by atoms with van der Waals surface area (Å²) < 4.78 is 28.8. The molecule has 0 aliphatic carbocycles. The van der Waals surface area contributed by atoms with Gasteiger partial charge in [0, 0.05) is 0 Å². The molecule has 0 aromatic rings. The molecule has 3 fully saturated rings. The van der Waals surface area contributed by atoms with Crippen molar-refractivity contribution in [2.75, 3.05) is 13.2 Å². The third-order valence-corrected chi connectivity index (χ3v) is 3.51. The topological polar surface area (TPSA) is 66.4 Å². The smallest absolute Gasteiger partial charge is 0.224 e. The van der Waals surface area contributed by atoms with Gasteiger partial charge in [0.2, 0.25) is 5.79 Å². The van der Waals surface area contributed by atoms with Crippen LogP contribution in [0, 0.1) is 0 Å². The van der Waals surface area contributed by atoms with Crippen LogP contribution in [0.1, 0.15) is 27.7 Å². The summed E-state index contributed by atoms with van der Waals surface area (Å²) in [4.78, 5) is 0. The highest BCUT2D eigenvalue weighted by atomic mass is 16.9. The first kappa shape index (κ1) is 12.8. The fourth-order valence-electron chi connectivity index (χ4n) is 2.89. The van der Waals surface area contributed by atoms with E-state index >= 15 is 0 Å². The lowest BCUT2D eigenvalue weighted by molar-refractivity contribution is -0.330. The normalized spacial score (nSPS) is 48.8. The zero-order chi connectivity index (χ0) is 13.2. The standard InChI is InChI=1S/C12H20O6/c1-10(2)14-5-7-8(16-10)9-12(6-13,15-7)18-11(3,4)17-9/h7-9,13H,5-6H2,1-4H3/t7-,8+,9-,12?/m0/s1. The summed E-state index contributed by atoms with van der Waals surface area (Å²) >= 11 is 0. The van der Waals surface area contributed by atoms with Crippen molar-refractivity contribution in [3.63, 3.8) is 0 Å². The molecule has 4 atom stereocenters. The van der Waals surface area contributed by atoms with Crippen LogP contribution in [0.25, 0.3) is 0 Å². The Bertz CT molecular complexity index is 354. The fourth-order valence-corrected chi connectivity index (χ4v) is 2.89. The van der Waals surface area contributed by atoms with Crippen LogP contribution in [0.4, 0.5) is 0 Å². The lowest BCUT2D eigenvalue weighted by atomic mass is 10.0. The Hall–Kier alpha value is -0.240. The highest BCUT2D eigenvalue weighted by Gasteiger charge is 2.67. The molecule has 0 spiro atoms. The first-order valence-electron chi connectivity index (χ1n) is 6.25. The molecule has 0 amide bonds. The maximum Gasteiger partial charge on any atom is 0.224 e. The van der Waals surface area contributed by atoms with Gasteiger partial charge in [-0.05, 0) is 27.7 Å². The molecule has 3 aliphatic heterocycles. The molecule has 0 saturated carbocycles. The molecule has 3 heterocycles. The Kier molecular flexibility index (Phi) is 2.59. The molecular formula is C12H20O6. The molecule has 18 heavy (non-hydrogen) atoms. The van der Waals surface area contributed by atoms with Gasteiger partial charge in [-0.25, -0.2) is 0 Å². The number of hydrogen-bond acceptors (Lipinski definition) is 6. The van der Waals surface area contributed by atoms with Gasteiger partial charge >= 0.3 is 0 Å². The molecular weight excluding hydrogens is 240 g/mol. The third kappa shape index (κ3) is 1.79. The monoisotopic (exact) mass is 260 g/mol. The average Bonchev–Trinajstić information content (AvgIpc) is 2.66. The zero-order valence-electron chi connectivity index (χ0n) is 11.1. The molecule has 104 valence electrons. The molecule has 1 unspecified atom stereocenters. The molecule has 3 rings (SSSR count). The van der Waals surface area contributed by atoms with Crippen molar-refractivity contribution < 1.29 is 28.8 Å². The van der Waals surface area contributed by atoms with E-state index in [1.165, 1.54) is 0 Å². The highest BCUT2D eigenvalue weighted by molar-refractivity contribution is 5.04. The van der Waals surface area contributed by atoms with Crippen LogP contribution in [0.3, 0.4) is 0 Å². The molecule has 0 radical (unpaired) electrons. The Labute approximate surface area is 106 Å². The second-order valence-electron chi connectivity index (χ2n) is 5.96.